The van der Waals surface area contributed by atoms with Crippen LogP contribution in [0.3, 0.4) is 0 Å². The smallest absolute Gasteiger partial charge is 0.339 e. The number of ether oxygens (including phenoxy) is 2. The van der Waals surface area contributed by atoms with Crippen LogP contribution in [0.5, 0.6) is 17.2 Å². The lowest BCUT2D eigenvalue weighted by Crippen LogP contribution is -2.53. The van der Waals surface area contributed by atoms with Crippen LogP contribution in [0.15, 0.2) is 65.1 Å². The van der Waals surface area contributed by atoms with Gasteiger partial charge in [0.15, 0.2) is 17.2 Å². The Kier molecular flexibility index (Phi) is 10.2. The van der Waals surface area contributed by atoms with E-state index in [2.05, 4.69) is 5.32 Å². The van der Waals surface area contributed by atoms with Gasteiger partial charge in [0, 0.05) is 5.02 Å². The highest BCUT2D eigenvalue weighted by molar-refractivity contribution is 7.87. The summed E-state index contributed by atoms with van der Waals surface area (Å²) in [4.78, 5) is 39.3. The third-order valence-corrected chi connectivity index (χ3v) is 7.97. The predicted octanol–water partition coefficient (Wildman–Crippen LogP) is 6.26. The van der Waals surface area contributed by atoms with Gasteiger partial charge < -0.3 is 13.7 Å². The first-order valence-corrected chi connectivity index (χ1v) is 15.4. The minimum atomic E-state index is -4.31. The Labute approximate surface area is 263 Å². The molecule has 0 saturated carbocycles. The first-order valence-electron chi connectivity index (χ1n) is 12.9. The van der Waals surface area contributed by atoms with Gasteiger partial charge in [-0.15, -0.1) is 0 Å². The van der Waals surface area contributed by atoms with Gasteiger partial charge in [0.25, 0.3) is 11.8 Å². The normalized spacial score (nSPS) is 14.6. The van der Waals surface area contributed by atoms with Crippen LogP contribution in [0.25, 0.3) is 6.08 Å². The maximum absolute atomic E-state index is 13.3. The lowest BCUT2D eigenvalue weighted by molar-refractivity contribution is -0.130. The number of carbonyl (C=O) groups is 3. The maximum atomic E-state index is 13.3. The molecule has 0 atom stereocenters. The van der Waals surface area contributed by atoms with Gasteiger partial charge in [0.1, 0.15) is 10.5 Å². The number of hydrogen-bond donors (Lipinski definition) is 1. The zero-order chi connectivity index (χ0) is 31.3. The highest BCUT2D eigenvalue weighted by Gasteiger charge is 2.36. The molecule has 226 valence electrons. The molecule has 4 amide bonds. The number of carbonyl (C=O) groups excluding carboxylic acids is 3. The number of barbiturate groups is 1. The third kappa shape index (κ3) is 7.61. The quantitative estimate of drug-likeness (QED) is 0.144. The molecule has 1 fully saturated rings. The van der Waals surface area contributed by atoms with Gasteiger partial charge in [-0.25, -0.2) is 4.79 Å². The fraction of sp³-hybridized carbons (Fsp3) is 0.207. The Balaban J connectivity index is 1.59. The number of rotatable bonds is 11. The molecule has 0 spiro atoms. The molecule has 0 radical (unpaired) electrons. The molecule has 4 rings (SSSR count). The Bertz CT molecular complexity index is 1690. The summed E-state index contributed by atoms with van der Waals surface area (Å²) in [5.74, 6) is -1.17. The second-order valence-corrected chi connectivity index (χ2v) is 11.9. The molecule has 3 aromatic rings. The van der Waals surface area contributed by atoms with E-state index in [4.69, 9.17) is 48.5 Å². The largest absolute Gasteiger partial charge is 0.490 e. The number of amides is 4. The Morgan fingerprint density at radius 2 is 1.56 bits per heavy atom. The highest BCUT2D eigenvalue weighted by atomic mass is 35.5. The first-order chi connectivity index (χ1) is 20.4. The Morgan fingerprint density at radius 3 is 2.19 bits per heavy atom. The molecule has 3 aromatic carbocycles. The molecule has 0 aromatic heterocycles. The number of halogens is 3. The second kappa shape index (κ2) is 13.7. The molecule has 1 aliphatic heterocycles. The van der Waals surface area contributed by atoms with Gasteiger partial charge in [0.2, 0.25) is 0 Å². The number of benzene rings is 3. The van der Waals surface area contributed by atoms with E-state index in [1.165, 1.54) is 42.5 Å². The summed E-state index contributed by atoms with van der Waals surface area (Å²) >= 11 is 18.4. The van der Waals surface area contributed by atoms with E-state index in [-0.39, 0.29) is 38.4 Å². The van der Waals surface area contributed by atoms with E-state index >= 15 is 0 Å². The topological polar surface area (TPSA) is 128 Å². The summed E-state index contributed by atoms with van der Waals surface area (Å²) in [5, 5.41) is 2.07. The zero-order valence-electron chi connectivity index (χ0n) is 22.9. The maximum Gasteiger partial charge on any atom is 0.339 e. The van der Waals surface area contributed by atoms with Crippen LogP contribution in [-0.2, 0) is 26.3 Å². The van der Waals surface area contributed by atoms with E-state index in [9.17, 15) is 22.8 Å². The predicted molar refractivity (Wildman–Crippen MR) is 161 cm³/mol. The fourth-order valence-electron chi connectivity index (χ4n) is 3.94. The average molecular weight is 668 g/mol. The van der Waals surface area contributed by atoms with Crippen molar-refractivity contribution in [2.45, 2.75) is 31.7 Å². The molecule has 0 bridgehead atoms. The van der Waals surface area contributed by atoms with Crippen molar-refractivity contribution in [1.82, 2.24) is 10.2 Å². The lowest BCUT2D eigenvalue weighted by Gasteiger charge is -2.26. The molecule has 1 saturated heterocycles. The van der Waals surface area contributed by atoms with Crippen molar-refractivity contribution >= 4 is 68.8 Å². The van der Waals surface area contributed by atoms with Gasteiger partial charge in [-0.3, -0.25) is 19.8 Å². The van der Waals surface area contributed by atoms with E-state index in [1.54, 1.807) is 18.2 Å². The summed E-state index contributed by atoms with van der Waals surface area (Å²) < 4.78 is 41.9. The van der Waals surface area contributed by atoms with Crippen LogP contribution in [0.4, 0.5) is 4.79 Å². The number of urea groups is 1. The molecule has 0 unspecified atom stereocenters. The van der Waals surface area contributed by atoms with E-state index in [0.717, 1.165) is 11.3 Å². The minimum Gasteiger partial charge on any atom is -0.490 e. The van der Waals surface area contributed by atoms with Gasteiger partial charge in [-0.1, -0.05) is 47.8 Å². The summed E-state index contributed by atoms with van der Waals surface area (Å²) in [5.41, 5.74) is 0.358. The minimum absolute atomic E-state index is 0.166. The van der Waals surface area contributed by atoms with Crippen molar-refractivity contribution in [3.05, 3.63) is 86.4 Å². The van der Waals surface area contributed by atoms with E-state index in [0.29, 0.717) is 35.3 Å². The molecule has 14 heteroatoms. The number of hydrogen-bond acceptors (Lipinski definition) is 8. The van der Waals surface area contributed by atoms with Crippen LogP contribution in [0.1, 0.15) is 31.4 Å². The Morgan fingerprint density at radius 1 is 0.884 bits per heavy atom. The molecule has 1 N–H and O–H groups in total. The van der Waals surface area contributed by atoms with Crippen molar-refractivity contribution in [3.8, 4) is 17.2 Å². The van der Waals surface area contributed by atoms with Crippen molar-refractivity contribution in [2.75, 3.05) is 13.2 Å². The summed E-state index contributed by atoms with van der Waals surface area (Å²) in [6, 6.07) is 11.9. The number of nitrogens with zero attached hydrogens (tertiary/aromatic N) is 1. The molecule has 43 heavy (non-hydrogen) atoms. The zero-order valence-corrected chi connectivity index (χ0v) is 25.9. The van der Waals surface area contributed by atoms with Gasteiger partial charge >= 0.3 is 16.1 Å². The first kappa shape index (κ1) is 32.2. The SMILES string of the molecule is CCCOc1ccc(CN2C(=O)NC(=O)/C(=C\c3cc(Cl)c(OS(=O)(=O)c4ccc(Cl)cc4)c(Cl)c3)C2=O)cc1OCC. The summed E-state index contributed by atoms with van der Waals surface area (Å²) in [6.07, 6.45) is 1.98. The van der Waals surface area contributed by atoms with Crippen LogP contribution in [0.2, 0.25) is 15.1 Å². The Hall–Kier alpha value is -3.77. The second-order valence-electron chi connectivity index (χ2n) is 9.08. The van der Waals surface area contributed by atoms with Crippen LogP contribution in [-0.4, -0.2) is 44.4 Å². The van der Waals surface area contributed by atoms with Crippen molar-refractivity contribution < 1.29 is 36.5 Å². The van der Waals surface area contributed by atoms with Crippen molar-refractivity contribution in [1.29, 1.82) is 0 Å². The standard InChI is InChI=1S/C29H25Cl3N2O8S/c1-3-11-41-24-10-5-17(15-25(24)40-4-2)16-34-28(36)21(27(35)33-29(34)37)12-18-13-22(31)26(23(32)14-18)42-43(38,39)20-8-6-19(30)7-9-20/h5-10,12-15H,3-4,11,16H2,1-2H3,(H,33,35,37)/b21-12+. The molecule has 10 nitrogen and oxygen atoms in total. The molecule has 0 aliphatic carbocycles. The average Bonchev–Trinajstić information content (AvgIpc) is 2.95. The van der Waals surface area contributed by atoms with Crippen LogP contribution < -0.4 is 19.0 Å². The van der Waals surface area contributed by atoms with Gasteiger partial charge in [0.05, 0.1) is 29.8 Å². The van der Waals surface area contributed by atoms with E-state index in [1.807, 2.05) is 13.8 Å². The van der Waals surface area contributed by atoms with Gasteiger partial charge in [-0.2, -0.15) is 8.42 Å². The van der Waals surface area contributed by atoms with Gasteiger partial charge in [-0.05, 0) is 79.1 Å². The van der Waals surface area contributed by atoms with Crippen molar-refractivity contribution in [3.63, 3.8) is 0 Å². The van der Waals surface area contributed by atoms with Crippen molar-refractivity contribution in [2.24, 2.45) is 0 Å². The summed E-state index contributed by atoms with van der Waals surface area (Å²) in [7, 11) is -4.31. The summed E-state index contributed by atoms with van der Waals surface area (Å²) in [6.45, 7) is 4.48. The fourth-order valence-corrected chi connectivity index (χ4v) is 5.70. The molecular weight excluding hydrogens is 643 g/mol. The van der Waals surface area contributed by atoms with E-state index < -0.39 is 28.0 Å². The monoisotopic (exact) mass is 666 g/mol. The van der Waals surface area contributed by atoms with Crippen LogP contribution >= 0.6 is 34.8 Å². The number of nitrogens with one attached hydrogen (secondary N) is 1. The lowest BCUT2D eigenvalue weighted by atomic mass is 10.1. The highest BCUT2D eigenvalue weighted by Crippen LogP contribution is 2.37. The molecule has 1 heterocycles. The molecule has 1 aliphatic rings. The number of imide groups is 2. The molecular formula is C29H25Cl3N2O8S. The third-order valence-electron chi connectivity index (χ3n) is 5.92. The van der Waals surface area contributed by atoms with Crippen LogP contribution in [0, 0.1) is 0 Å².